The smallest absolute Gasteiger partial charge is 0.255 e. The Morgan fingerprint density at radius 3 is 2.90 bits per heavy atom. The van der Waals surface area contributed by atoms with Crippen molar-refractivity contribution in [3.05, 3.63) is 52.3 Å². The fourth-order valence-corrected chi connectivity index (χ4v) is 3.65. The number of carbonyl (C=O) groups is 1. The van der Waals surface area contributed by atoms with E-state index in [1.165, 1.54) is 4.88 Å². The zero-order valence-corrected chi connectivity index (χ0v) is 12.5. The van der Waals surface area contributed by atoms with E-state index in [1.54, 1.807) is 11.3 Å². The Balaban J connectivity index is 1.83. The number of aromatic nitrogens is 2. The van der Waals surface area contributed by atoms with E-state index in [-0.39, 0.29) is 12.1 Å². The van der Waals surface area contributed by atoms with Crippen LogP contribution in [0.4, 0.5) is 5.69 Å². The molecule has 1 atom stereocenters. The van der Waals surface area contributed by atoms with Crippen molar-refractivity contribution in [1.29, 1.82) is 0 Å². The van der Waals surface area contributed by atoms with Gasteiger partial charge >= 0.3 is 0 Å². The molecule has 0 bridgehead atoms. The molecule has 0 saturated carbocycles. The second-order valence-corrected chi connectivity index (χ2v) is 6.39. The first kappa shape index (κ1) is 12.4. The largest absolute Gasteiger partial charge is 0.360 e. The molecule has 5 nitrogen and oxygen atoms in total. The molecule has 6 heteroatoms. The van der Waals surface area contributed by atoms with Crippen LogP contribution >= 0.6 is 11.3 Å². The van der Waals surface area contributed by atoms with Gasteiger partial charge in [-0.1, -0.05) is 12.1 Å². The summed E-state index contributed by atoms with van der Waals surface area (Å²) in [5, 5.41) is 6.39. The molecule has 1 aliphatic rings. The van der Waals surface area contributed by atoms with Crippen molar-refractivity contribution in [3.8, 4) is 0 Å². The summed E-state index contributed by atoms with van der Waals surface area (Å²) in [6, 6.07) is 7.54. The summed E-state index contributed by atoms with van der Waals surface area (Å²) in [6.07, 6.45) is 1.79. The van der Waals surface area contributed by atoms with Crippen LogP contribution in [-0.4, -0.2) is 15.3 Å². The van der Waals surface area contributed by atoms with Gasteiger partial charge in [0.05, 0.1) is 17.0 Å². The molecule has 1 aromatic carbocycles. The van der Waals surface area contributed by atoms with Crippen molar-refractivity contribution in [3.63, 3.8) is 0 Å². The monoisotopic (exact) mass is 298 g/mol. The van der Waals surface area contributed by atoms with E-state index >= 15 is 0 Å². The molecule has 0 spiro atoms. The van der Waals surface area contributed by atoms with Gasteiger partial charge in [-0.2, -0.15) is 0 Å². The van der Waals surface area contributed by atoms with E-state index in [0.29, 0.717) is 5.56 Å². The predicted molar refractivity (Wildman–Crippen MR) is 82.8 cm³/mol. The van der Waals surface area contributed by atoms with Crippen LogP contribution in [0.1, 0.15) is 32.8 Å². The molecule has 21 heavy (non-hydrogen) atoms. The zero-order chi connectivity index (χ0) is 14.6. The van der Waals surface area contributed by atoms with Gasteiger partial charge in [0.2, 0.25) is 0 Å². The molecular formula is C15H14N4OS. The van der Waals surface area contributed by atoms with Crippen molar-refractivity contribution in [2.24, 2.45) is 0 Å². The number of thiazole rings is 1. The number of carbonyl (C=O) groups excluding carboxylic acids is 1. The van der Waals surface area contributed by atoms with E-state index in [4.69, 9.17) is 0 Å². The first-order valence-corrected chi connectivity index (χ1v) is 7.56. The number of anilines is 1. The zero-order valence-electron chi connectivity index (χ0n) is 11.7. The highest BCUT2D eigenvalue weighted by molar-refractivity contribution is 7.17. The molecule has 1 aliphatic heterocycles. The van der Waals surface area contributed by atoms with Gasteiger partial charge in [-0.05, 0) is 26.0 Å². The molecule has 0 saturated heterocycles. The maximum absolute atomic E-state index is 12.3. The Bertz CT molecular complexity index is 864. The van der Waals surface area contributed by atoms with Gasteiger partial charge in [-0.25, -0.2) is 4.98 Å². The quantitative estimate of drug-likeness (QED) is 0.726. The molecule has 0 radical (unpaired) electrons. The highest BCUT2D eigenvalue weighted by atomic mass is 32.1. The predicted octanol–water partition coefficient (Wildman–Crippen LogP) is 2.87. The van der Waals surface area contributed by atoms with Crippen LogP contribution in [0, 0.1) is 13.8 Å². The van der Waals surface area contributed by atoms with E-state index in [9.17, 15) is 4.79 Å². The fraction of sp³-hybridized carbons (Fsp3) is 0.200. The van der Waals surface area contributed by atoms with Gasteiger partial charge in [-0.3, -0.25) is 9.20 Å². The first-order chi connectivity index (χ1) is 10.1. The maximum Gasteiger partial charge on any atom is 0.255 e. The molecule has 3 aromatic rings. The summed E-state index contributed by atoms with van der Waals surface area (Å²) in [4.78, 5) is 19.0. The third-order valence-electron chi connectivity index (χ3n) is 3.68. The molecule has 0 unspecified atom stereocenters. The summed E-state index contributed by atoms with van der Waals surface area (Å²) < 4.78 is 2.06. The molecule has 2 N–H and O–H groups in total. The van der Waals surface area contributed by atoms with Crippen LogP contribution in [-0.2, 0) is 0 Å². The average molecular weight is 298 g/mol. The van der Waals surface area contributed by atoms with Crippen LogP contribution in [0.3, 0.4) is 0 Å². The summed E-state index contributed by atoms with van der Waals surface area (Å²) >= 11 is 1.65. The van der Waals surface area contributed by atoms with Gasteiger partial charge in [0.1, 0.15) is 6.17 Å². The molecule has 0 aliphatic carbocycles. The number of fused-ring (bicyclic) bond motifs is 2. The van der Waals surface area contributed by atoms with Crippen molar-refractivity contribution in [2.75, 3.05) is 5.32 Å². The van der Waals surface area contributed by atoms with Crippen molar-refractivity contribution in [1.82, 2.24) is 14.7 Å². The summed E-state index contributed by atoms with van der Waals surface area (Å²) in [7, 11) is 0. The summed E-state index contributed by atoms with van der Waals surface area (Å²) in [6.45, 7) is 4.03. The van der Waals surface area contributed by atoms with E-state index < -0.39 is 0 Å². The minimum absolute atomic E-state index is 0.0596. The topological polar surface area (TPSA) is 58.4 Å². The first-order valence-electron chi connectivity index (χ1n) is 6.75. The minimum atomic E-state index is -0.267. The summed E-state index contributed by atoms with van der Waals surface area (Å²) in [5.41, 5.74) is 3.44. The SMILES string of the molecule is Cc1cn2c([C@@H]3NC(=O)c4ccccc4N3)c(C)nc2s1. The number of nitrogens with one attached hydrogen (secondary N) is 2. The lowest BCUT2D eigenvalue weighted by atomic mass is 10.1. The van der Waals surface area contributed by atoms with Gasteiger partial charge in [-0.15, -0.1) is 11.3 Å². The highest BCUT2D eigenvalue weighted by Crippen LogP contribution is 2.30. The molecule has 1 amide bonds. The lowest BCUT2D eigenvalue weighted by Gasteiger charge is -2.27. The number of hydrogen-bond donors (Lipinski definition) is 2. The number of rotatable bonds is 1. The van der Waals surface area contributed by atoms with Gasteiger partial charge in [0.15, 0.2) is 4.96 Å². The third-order valence-corrected chi connectivity index (χ3v) is 4.58. The van der Waals surface area contributed by atoms with E-state index in [0.717, 1.165) is 22.0 Å². The number of benzene rings is 1. The van der Waals surface area contributed by atoms with Crippen LogP contribution in [0.5, 0.6) is 0 Å². The standard InChI is InChI=1S/C15H14N4OS/c1-8-7-19-12(9(2)16-15(19)21-8)13-17-11-6-4-3-5-10(11)14(20)18-13/h3-7,13,17H,1-2H3,(H,18,20)/t13-/m0/s1. The Kier molecular flexibility index (Phi) is 2.56. The van der Waals surface area contributed by atoms with Crippen molar-refractivity contribution in [2.45, 2.75) is 20.0 Å². The van der Waals surface area contributed by atoms with Crippen LogP contribution < -0.4 is 10.6 Å². The number of amides is 1. The number of imidazole rings is 1. The number of hydrogen-bond acceptors (Lipinski definition) is 4. The fourth-order valence-electron chi connectivity index (χ4n) is 2.77. The Labute approximate surface area is 125 Å². The molecule has 106 valence electrons. The van der Waals surface area contributed by atoms with E-state index in [1.807, 2.05) is 31.2 Å². The number of aryl methyl sites for hydroxylation is 2. The van der Waals surface area contributed by atoms with Crippen molar-refractivity contribution >= 4 is 27.9 Å². The van der Waals surface area contributed by atoms with Gasteiger partial charge in [0, 0.05) is 16.8 Å². The number of nitrogens with zero attached hydrogens (tertiary/aromatic N) is 2. The third kappa shape index (κ3) is 1.83. The second kappa shape index (κ2) is 4.33. The highest BCUT2D eigenvalue weighted by Gasteiger charge is 2.28. The van der Waals surface area contributed by atoms with Crippen LogP contribution in [0.15, 0.2) is 30.5 Å². The van der Waals surface area contributed by atoms with Crippen LogP contribution in [0.25, 0.3) is 4.96 Å². The van der Waals surface area contributed by atoms with Gasteiger partial charge in [0.25, 0.3) is 5.91 Å². The Morgan fingerprint density at radius 2 is 2.05 bits per heavy atom. The van der Waals surface area contributed by atoms with Crippen molar-refractivity contribution < 1.29 is 4.79 Å². The minimum Gasteiger partial charge on any atom is -0.360 e. The molecule has 0 fully saturated rings. The average Bonchev–Trinajstić information content (AvgIpc) is 2.93. The van der Waals surface area contributed by atoms with Gasteiger partial charge < -0.3 is 10.6 Å². The molecular weight excluding hydrogens is 284 g/mol. The molecule has 4 rings (SSSR count). The normalized spacial score (nSPS) is 17.4. The Morgan fingerprint density at radius 1 is 1.24 bits per heavy atom. The van der Waals surface area contributed by atoms with E-state index in [2.05, 4.69) is 33.1 Å². The Hall–Kier alpha value is -2.34. The van der Waals surface area contributed by atoms with Crippen LogP contribution in [0.2, 0.25) is 0 Å². The number of para-hydroxylation sites is 1. The lowest BCUT2D eigenvalue weighted by Crippen LogP contribution is -2.39. The maximum atomic E-state index is 12.3. The second-order valence-electron chi connectivity index (χ2n) is 5.17. The lowest BCUT2D eigenvalue weighted by molar-refractivity contribution is 0.0934. The molecule has 3 heterocycles. The summed E-state index contributed by atoms with van der Waals surface area (Å²) in [5.74, 6) is -0.0596. The molecule has 2 aromatic heterocycles.